The molecule has 0 aliphatic carbocycles. The summed E-state index contributed by atoms with van der Waals surface area (Å²) in [4.78, 5) is 3.82. The molecule has 0 saturated heterocycles. The molecule has 37 heavy (non-hydrogen) atoms. The van der Waals surface area contributed by atoms with Crippen molar-refractivity contribution in [2.45, 2.75) is 0 Å². The summed E-state index contributed by atoms with van der Waals surface area (Å²) in [5, 5.41) is 7.34. The van der Waals surface area contributed by atoms with E-state index in [0.717, 1.165) is 11.0 Å². The molecule has 0 aliphatic rings. The van der Waals surface area contributed by atoms with E-state index in [0.29, 0.717) is 0 Å². The molecule has 1 aromatic heterocycles. The molecule has 7 aromatic rings. The number of hydrogen-bond donors (Lipinski definition) is 1. The van der Waals surface area contributed by atoms with Gasteiger partial charge in [0.25, 0.3) is 0 Å². The zero-order chi connectivity index (χ0) is 24.6. The van der Waals surface area contributed by atoms with Crippen molar-refractivity contribution in [1.29, 1.82) is 0 Å². The Morgan fingerprint density at radius 2 is 0.622 bits per heavy atom. The van der Waals surface area contributed by atoms with Crippen molar-refractivity contribution in [3.05, 3.63) is 146 Å². The summed E-state index contributed by atoms with van der Waals surface area (Å²) in [6.07, 6.45) is 0. The third-order valence-electron chi connectivity index (χ3n) is 7.25. The zero-order valence-electron chi connectivity index (χ0n) is 20.4. The van der Waals surface area contributed by atoms with Crippen LogP contribution in [-0.2, 0) is 0 Å². The molecule has 0 unspecified atom stereocenters. The summed E-state index contributed by atoms with van der Waals surface area (Å²) >= 11 is 0. The monoisotopic (exact) mass is 471 g/mol. The molecule has 0 amide bonds. The minimum Gasteiger partial charge on any atom is -0.355 e. The molecule has 0 fully saturated rings. The molecule has 0 atom stereocenters. The average Bonchev–Trinajstić information content (AvgIpc) is 3.03. The minimum atomic E-state index is 1.11. The predicted octanol–water partition coefficient (Wildman–Crippen LogP) is 10.1. The van der Waals surface area contributed by atoms with Crippen LogP contribution in [0.25, 0.3) is 65.6 Å². The highest BCUT2D eigenvalue weighted by atomic mass is 14.7. The summed E-state index contributed by atoms with van der Waals surface area (Å²) in [6, 6.07) is 52.3. The van der Waals surface area contributed by atoms with Crippen molar-refractivity contribution in [3.63, 3.8) is 0 Å². The molecule has 0 saturated carbocycles. The molecule has 1 heteroatoms. The Balaban J connectivity index is 1.68. The first-order valence-electron chi connectivity index (χ1n) is 12.7. The maximum atomic E-state index is 3.82. The van der Waals surface area contributed by atoms with Crippen LogP contribution in [0.1, 0.15) is 0 Å². The second-order valence-electron chi connectivity index (χ2n) is 9.47. The molecule has 1 nitrogen and oxygen atoms in total. The van der Waals surface area contributed by atoms with Gasteiger partial charge in [-0.15, -0.1) is 0 Å². The fraction of sp³-hybridized carbons (Fsp3) is 0. The molecule has 0 aliphatic heterocycles. The maximum Gasteiger partial charge on any atom is 0.0464 e. The standard InChI is InChI=1S/C36H25N/c1-3-11-25(12-4-1)27-19-21-35-33(23-27)31-17-9-7-15-29(31)30-16-8-10-18-32(30)34-24-28(20-22-36(34)37-35)26-13-5-2-6-14-26/h1-24,37H. The lowest BCUT2D eigenvalue weighted by Crippen LogP contribution is -1.83. The van der Waals surface area contributed by atoms with Crippen LogP contribution < -0.4 is 0 Å². The van der Waals surface area contributed by atoms with Crippen LogP contribution in [0.4, 0.5) is 0 Å². The topological polar surface area (TPSA) is 15.8 Å². The first-order valence-corrected chi connectivity index (χ1v) is 12.7. The third kappa shape index (κ3) is 3.82. The van der Waals surface area contributed by atoms with Crippen molar-refractivity contribution in [2.24, 2.45) is 0 Å². The lowest BCUT2D eigenvalue weighted by molar-refractivity contribution is 1.51. The Bertz CT molecular complexity index is 1820. The Kier molecular flexibility index (Phi) is 5.19. The van der Waals surface area contributed by atoms with Crippen molar-refractivity contribution in [2.75, 3.05) is 0 Å². The van der Waals surface area contributed by atoms with E-state index in [4.69, 9.17) is 0 Å². The second-order valence-corrected chi connectivity index (χ2v) is 9.47. The van der Waals surface area contributed by atoms with E-state index in [2.05, 4.69) is 151 Å². The number of fused-ring (bicyclic) bond motifs is 7. The van der Waals surface area contributed by atoms with Gasteiger partial charge in [-0.1, -0.05) is 121 Å². The van der Waals surface area contributed by atoms with E-state index < -0.39 is 0 Å². The Labute approximate surface area is 216 Å². The number of rotatable bonds is 2. The van der Waals surface area contributed by atoms with Gasteiger partial charge in [0.15, 0.2) is 0 Å². The second kappa shape index (κ2) is 8.96. The number of hydrogen-bond acceptors (Lipinski definition) is 0. The van der Waals surface area contributed by atoms with E-state index in [9.17, 15) is 0 Å². The average molecular weight is 472 g/mol. The molecule has 0 radical (unpaired) electrons. The summed E-state index contributed by atoms with van der Waals surface area (Å²) in [7, 11) is 0. The molecule has 7 rings (SSSR count). The number of benzene rings is 6. The zero-order valence-corrected chi connectivity index (χ0v) is 20.4. The highest BCUT2D eigenvalue weighted by Crippen LogP contribution is 2.34. The molecule has 1 heterocycles. The lowest BCUT2D eigenvalue weighted by atomic mass is 9.98. The van der Waals surface area contributed by atoms with Crippen molar-refractivity contribution < 1.29 is 0 Å². The number of nitrogens with one attached hydrogen (secondary N) is 1. The van der Waals surface area contributed by atoms with Crippen LogP contribution in [0.3, 0.4) is 0 Å². The molecule has 0 bridgehead atoms. The lowest BCUT2D eigenvalue weighted by Gasteiger charge is -2.06. The Hall–Kier alpha value is -4.88. The first kappa shape index (κ1) is 21.4. The van der Waals surface area contributed by atoms with Gasteiger partial charge in [-0.2, -0.15) is 0 Å². The van der Waals surface area contributed by atoms with Crippen LogP contribution in [0.15, 0.2) is 146 Å². The van der Waals surface area contributed by atoms with Crippen LogP contribution in [0.2, 0.25) is 0 Å². The van der Waals surface area contributed by atoms with Crippen molar-refractivity contribution in [3.8, 4) is 22.3 Å². The van der Waals surface area contributed by atoms with Gasteiger partial charge in [-0.05, 0) is 68.1 Å². The first-order chi connectivity index (χ1) is 18.3. The molecular weight excluding hydrogens is 446 g/mol. The van der Waals surface area contributed by atoms with E-state index in [1.165, 1.54) is 54.6 Å². The maximum absolute atomic E-state index is 3.82. The number of H-pyrrole nitrogens is 1. The van der Waals surface area contributed by atoms with Crippen LogP contribution in [0.5, 0.6) is 0 Å². The molecule has 0 spiro atoms. The molecule has 174 valence electrons. The summed E-state index contributed by atoms with van der Waals surface area (Å²) < 4.78 is 0. The SMILES string of the molecule is c1ccc(-c2ccc3[nH]c4ccc(-c5ccccc5)cc4c4ccccc4c4ccccc4c3c2)cc1. The summed E-state index contributed by atoms with van der Waals surface area (Å²) in [5.74, 6) is 0. The van der Waals surface area contributed by atoms with Gasteiger partial charge >= 0.3 is 0 Å². The fourth-order valence-corrected chi connectivity index (χ4v) is 5.42. The normalized spacial score (nSPS) is 11.2. The van der Waals surface area contributed by atoms with Crippen LogP contribution in [-0.4, -0.2) is 4.98 Å². The van der Waals surface area contributed by atoms with E-state index >= 15 is 0 Å². The van der Waals surface area contributed by atoms with E-state index in [-0.39, 0.29) is 0 Å². The van der Waals surface area contributed by atoms with Gasteiger partial charge in [-0.25, -0.2) is 0 Å². The largest absolute Gasteiger partial charge is 0.355 e. The predicted molar refractivity (Wildman–Crippen MR) is 159 cm³/mol. The molecule has 6 aromatic carbocycles. The highest BCUT2D eigenvalue weighted by molar-refractivity contribution is 6.19. The summed E-state index contributed by atoms with van der Waals surface area (Å²) in [5.41, 5.74) is 7.07. The Morgan fingerprint density at radius 3 is 1.03 bits per heavy atom. The van der Waals surface area contributed by atoms with E-state index in [1.54, 1.807) is 0 Å². The van der Waals surface area contributed by atoms with Crippen molar-refractivity contribution >= 4 is 43.4 Å². The molecule has 1 N–H and O–H groups in total. The minimum absolute atomic E-state index is 1.11. The van der Waals surface area contributed by atoms with Gasteiger partial charge in [0.2, 0.25) is 0 Å². The van der Waals surface area contributed by atoms with Gasteiger partial charge < -0.3 is 4.98 Å². The van der Waals surface area contributed by atoms with Gasteiger partial charge in [-0.3, -0.25) is 0 Å². The van der Waals surface area contributed by atoms with Crippen molar-refractivity contribution in [1.82, 2.24) is 4.98 Å². The van der Waals surface area contributed by atoms with Gasteiger partial charge in [0, 0.05) is 21.8 Å². The Morgan fingerprint density at radius 1 is 0.270 bits per heavy atom. The molecular formula is C36H25N. The summed E-state index contributed by atoms with van der Waals surface area (Å²) in [6.45, 7) is 0. The fourth-order valence-electron chi connectivity index (χ4n) is 5.42. The number of aromatic nitrogens is 1. The van der Waals surface area contributed by atoms with Gasteiger partial charge in [0.1, 0.15) is 0 Å². The van der Waals surface area contributed by atoms with Gasteiger partial charge in [0.05, 0.1) is 0 Å². The van der Waals surface area contributed by atoms with Crippen LogP contribution >= 0.6 is 0 Å². The van der Waals surface area contributed by atoms with E-state index in [1.807, 2.05) is 0 Å². The highest BCUT2D eigenvalue weighted by Gasteiger charge is 2.08. The quantitative estimate of drug-likeness (QED) is 0.258. The number of aromatic amines is 1. The van der Waals surface area contributed by atoms with Crippen LogP contribution in [0, 0.1) is 0 Å². The third-order valence-corrected chi connectivity index (χ3v) is 7.25. The smallest absolute Gasteiger partial charge is 0.0464 e.